The van der Waals surface area contributed by atoms with Crippen LogP contribution in [0.15, 0.2) is 23.7 Å². The first-order valence-corrected chi connectivity index (χ1v) is 7.64. The van der Waals surface area contributed by atoms with E-state index >= 15 is 0 Å². The van der Waals surface area contributed by atoms with Crippen molar-refractivity contribution < 1.29 is 9.47 Å². The van der Waals surface area contributed by atoms with Gasteiger partial charge in [-0.2, -0.15) is 0 Å². The van der Waals surface area contributed by atoms with Gasteiger partial charge in [0.15, 0.2) is 11.5 Å². The van der Waals surface area contributed by atoms with Crippen molar-refractivity contribution in [3.05, 3.63) is 39.8 Å². The Morgan fingerprint density at radius 2 is 2.10 bits per heavy atom. The van der Waals surface area contributed by atoms with Crippen LogP contribution in [0.25, 0.3) is 0 Å². The summed E-state index contributed by atoms with van der Waals surface area (Å²) in [7, 11) is 0. The predicted molar refractivity (Wildman–Crippen MR) is 79.5 cm³/mol. The molecule has 0 fully saturated rings. The molecule has 4 nitrogen and oxygen atoms in total. The maximum absolute atomic E-state index is 5.62. The van der Waals surface area contributed by atoms with Crippen LogP contribution in [0, 0.1) is 6.92 Å². The average Bonchev–Trinajstić information content (AvgIpc) is 2.89. The number of thiazole rings is 1. The quantitative estimate of drug-likeness (QED) is 0.940. The second kappa shape index (κ2) is 5.81. The van der Waals surface area contributed by atoms with Crippen LogP contribution >= 0.6 is 11.3 Å². The van der Waals surface area contributed by atoms with Crippen molar-refractivity contribution in [1.82, 2.24) is 10.3 Å². The lowest BCUT2D eigenvalue weighted by molar-refractivity contribution is 0.171. The van der Waals surface area contributed by atoms with Crippen LogP contribution in [0.2, 0.25) is 0 Å². The highest BCUT2D eigenvalue weighted by atomic mass is 32.1. The molecule has 1 atom stereocenters. The molecule has 5 heteroatoms. The largest absolute Gasteiger partial charge is 0.486 e. The van der Waals surface area contributed by atoms with Gasteiger partial charge in [0.2, 0.25) is 0 Å². The van der Waals surface area contributed by atoms with Gasteiger partial charge >= 0.3 is 0 Å². The highest BCUT2D eigenvalue weighted by Gasteiger charge is 2.14. The minimum Gasteiger partial charge on any atom is -0.486 e. The number of nitrogens with one attached hydrogen (secondary N) is 1. The minimum atomic E-state index is 0.257. The number of rotatable bonds is 4. The number of ether oxygens (including phenoxy) is 2. The number of aromatic nitrogens is 1. The Morgan fingerprint density at radius 1 is 1.30 bits per heavy atom. The Kier molecular flexibility index (Phi) is 3.89. The number of nitrogens with zero attached hydrogens (tertiary/aromatic N) is 1. The van der Waals surface area contributed by atoms with Crippen LogP contribution in [-0.2, 0) is 6.54 Å². The van der Waals surface area contributed by atoms with Crippen LogP contribution in [0.1, 0.15) is 29.1 Å². The fourth-order valence-corrected chi connectivity index (χ4v) is 2.92. The molecular formula is C15H18N2O2S. The summed E-state index contributed by atoms with van der Waals surface area (Å²) >= 11 is 1.69. The molecule has 1 aromatic heterocycles. The minimum absolute atomic E-state index is 0.257. The molecule has 0 saturated heterocycles. The standard InChI is InChI=1S/C15H18N2O2S/c1-10(16-8-15-11(2)17-9-20-15)12-3-4-13-14(7-12)19-6-5-18-13/h3-4,7,9-10,16H,5-6,8H2,1-2H3/t10-/m1/s1. The van der Waals surface area contributed by atoms with Gasteiger partial charge in [0, 0.05) is 17.5 Å². The van der Waals surface area contributed by atoms with Crippen molar-refractivity contribution in [2.24, 2.45) is 0 Å². The molecule has 0 saturated carbocycles. The van der Waals surface area contributed by atoms with E-state index in [0.717, 1.165) is 23.7 Å². The number of aryl methyl sites for hydroxylation is 1. The molecule has 0 aliphatic carbocycles. The zero-order valence-corrected chi connectivity index (χ0v) is 12.5. The fourth-order valence-electron chi connectivity index (χ4n) is 2.19. The Bertz CT molecular complexity index is 597. The van der Waals surface area contributed by atoms with Crippen molar-refractivity contribution in [1.29, 1.82) is 0 Å². The zero-order chi connectivity index (χ0) is 13.9. The third-order valence-corrected chi connectivity index (χ3v) is 4.41. The van der Waals surface area contributed by atoms with Crippen molar-refractivity contribution >= 4 is 11.3 Å². The smallest absolute Gasteiger partial charge is 0.161 e. The van der Waals surface area contributed by atoms with Crippen molar-refractivity contribution in [3.63, 3.8) is 0 Å². The number of benzene rings is 1. The number of hydrogen-bond acceptors (Lipinski definition) is 5. The van der Waals surface area contributed by atoms with Gasteiger partial charge in [-0.3, -0.25) is 0 Å². The summed E-state index contributed by atoms with van der Waals surface area (Å²) < 4.78 is 11.2. The average molecular weight is 290 g/mol. The molecule has 0 unspecified atom stereocenters. The van der Waals surface area contributed by atoms with E-state index in [9.17, 15) is 0 Å². The van der Waals surface area contributed by atoms with Crippen LogP contribution in [0.5, 0.6) is 11.5 Å². The van der Waals surface area contributed by atoms with Gasteiger partial charge in [-0.25, -0.2) is 4.98 Å². The van der Waals surface area contributed by atoms with Crippen LogP contribution in [0.3, 0.4) is 0 Å². The van der Waals surface area contributed by atoms with Crippen LogP contribution in [0.4, 0.5) is 0 Å². The zero-order valence-electron chi connectivity index (χ0n) is 11.7. The molecule has 2 aromatic rings. The van der Waals surface area contributed by atoms with Gasteiger partial charge in [0.1, 0.15) is 13.2 Å². The number of fused-ring (bicyclic) bond motifs is 1. The molecule has 20 heavy (non-hydrogen) atoms. The van der Waals surface area contributed by atoms with E-state index in [0.29, 0.717) is 13.2 Å². The molecule has 1 N–H and O–H groups in total. The summed E-state index contributed by atoms with van der Waals surface area (Å²) in [5.41, 5.74) is 4.20. The summed E-state index contributed by atoms with van der Waals surface area (Å²) in [6.07, 6.45) is 0. The lowest BCUT2D eigenvalue weighted by Gasteiger charge is -2.21. The van der Waals surface area contributed by atoms with Crippen LogP contribution < -0.4 is 14.8 Å². The second-order valence-electron chi connectivity index (χ2n) is 4.87. The Morgan fingerprint density at radius 3 is 2.85 bits per heavy atom. The molecule has 1 aromatic carbocycles. The maximum Gasteiger partial charge on any atom is 0.161 e. The van der Waals surface area contributed by atoms with E-state index < -0.39 is 0 Å². The van der Waals surface area contributed by atoms with E-state index in [1.165, 1.54) is 10.4 Å². The predicted octanol–water partition coefficient (Wildman–Crippen LogP) is 3.07. The van der Waals surface area contributed by atoms with E-state index in [2.05, 4.69) is 29.4 Å². The maximum atomic E-state index is 5.62. The van der Waals surface area contributed by atoms with Crippen molar-refractivity contribution in [2.75, 3.05) is 13.2 Å². The third-order valence-electron chi connectivity index (χ3n) is 3.48. The van der Waals surface area contributed by atoms with Gasteiger partial charge in [-0.05, 0) is 31.5 Å². The van der Waals surface area contributed by atoms with Crippen molar-refractivity contribution in [2.45, 2.75) is 26.4 Å². The normalized spacial score (nSPS) is 15.1. The molecular weight excluding hydrogens is 272 g/mol. The van der Waals surface area contributed by atoms with E-state index in [1.54, 1.807) is 11.3 Å². The van der Waals surface area contributed by atoms with Crippen molar-refractivity contribution in [3.8, 4) is 11.5 Å². The van der Waals surface area contributed by atoms with E-state index in [1.807, 2.05) is 18.5 Å². The molecule has 0 spiro atoms. The summed E-state index contributed by atoms with van der Waals surface area (Å²) in [5, 5.41) is 3.52. The Balaban J connectivity index is 1.67. The SMILES string of the molecule is Cc1ncsc1CN[C@H](C)c1ccc2c(c1)OCCO2. The molecule has 0 bridgehead atoms. The molecule has 106 valence electrons. The molecule has 2 heterocycles. The Hall–Kier alpha value is -1.59. The molecule has 0 radical (unpaired) electrons. The molecule has 0 amide bonds. The summed E-state index contributed by atoms with van der Waals surface area (Å²) in [6.45, 7) is 6.29. The second-order valence-corrected chi connectivity index (χ2v) is 5.81. The van der Waals surface area contributed by atoms with E-state index in [-0.39, 0.29) is 6.04 Å². The van der Waals surface area contributed by atoms with Gasteiger partial charge in [0.25, 0.3) is 0 Å². The topological polar surface area (TPSA) is 43.4 Å². The first-order chi connectivity index (χ1) is 9.74. The van der Waals surface area contributed by atoms with Gasteiger partial charge in [-0.1, -0.05) is 6.07 Å². The third kappa shape index (κ3) is 2.78. The fraction of sp³-hybridized carbons (Fsp3) is 0.400. The highest BCUT2D eigenvalue weighted by molar-refractivity contribution is 7.09. The first kappa shape index (κ1) is 13.4. The van der Waals surface area contributed by atoms with Gasteiger partial charge in [-0.15, -0.1) is 11.3 Å². The monoisotopic (exact) mass is 290 g/mol. The van der Waals surface area contributed by atoms with Gasteiger partial charge in [0.05, 0.1) is 11.2 Å². The molecule has 3 rings (SSSR count). The Labute approximate surface area is 122 Å². The lowest BCUT2D eigenvalue weighted by Crippen LogP contribution is -2.19. The van der Waals surface area contributed by atoms with E-state index in [4.69, 9.17) is 9.47 Å². The molecule has 1 aliphatic rings. The lowest BCUT2D eigenvalue weighted by atomic mass is 10.1. The van der Waals surface area contributed by atoms with Gasteiger partial charge < -0.3 is 14.8 Å². The number of hydrogen-bond donors (Lipinski definition) is 1. The highest BCUT2D eigenvalue weighted by Crippen LogP contribution is 2.32. The summed E-state index contributed by atoms with van der Waals surface area (Å²) in [5.74, 6) is 1.68. The summed E-state index contributed by atoms with van der Waals surface area (Å²) in [4.78, 5) is 5.55. The first-order valence-electron chi connectivity index (χ1n) is 6.76. The van der Waals surface area contributed by atoms with Crippen LogP contribution in [-0.4, -0.2) is 18.2 Å². The molecule has 1 aliphatic heterocycles. The summed E-state index contributed by atoms with van der Waals surface area (Å²) in [6, 6.07) is 6.39.